The number of para-hydroxylation sites is 8. The van der Waals surface area contributed by atoms with Crippen LogP contribution in [0.2, 0.25) is 0 Å². The molecule has 0 fully saturated rings. The fraction of sp³-hybridized carbons (Fsp3) is 0.220. The molecule has 748 valence electrons. The van der Waals surface area contributed by atoms with Gasteiger partial charge in [0.1, 0.15) is 0 Å². The van der Waals surface area contributed by atoms with Crippen LogP contribution in [0.4, 0.5) is 0 Å². The highest BCUT2D eigenvalue weighted by Gasteiger charge is 2.19. The molecule has 0 radical (unpaired) electrons. The normalized spacial score (nSPS) is 11.1. The summed E-state index contributed by atoms with van der Waals surface area (Å²) < 4.78 is 0. The number of aliphatic imine (C=N–C) groups is 12. The molecule has 138 heavy (non-hydrogen) atoms. The largest absolute Gasteiger partial charge is 0.504 e. The molecule has 8 aromatic rings. The molecule has 56 heteroatoms. The third-order valence-electron chi connectivity index (χ3n) is 17.2. The highest BCUT2D eigenvalue weighted by atomic mass is 16.3. The van der Waals surface area contributed by atoms with E-state index in [1.54, 1.807) is 142 Å². The molecule has 0 bridgehead atoms. The molecule has 0 aromatic heterocycles. The van der Waals surface area contributed by atoms with Gasteiger partial charge in [-0.2, -0.15) is 25.0 Å². The van der Waals surface area contributed by atoms with Gasteiger partial charge in [0.15, 0.2) is 158 Å². The topological polar surface area (TPSA) is 1030 Å². The molecule has 0 amide bonds. The van der Waals surface area contributed by atoms with E-state index in [-0.39, 0.29) is 227 Å². The van der Waals surface area contributed by atoms with Crippen molar-refractivity contribution >= 4 is 95.4 Å². The first kappa shape index (κ1) is 116. The van der Waals surface area contributed by atoms with Crippen molar-refractivity contribution in [3.05, 3.63) is 190 Å². The first-order valence-electron chi connectivity index (χ1n) is 39.4. The zero-order chi connectivity index (χ0) is 105. The Morgan fingerprint density at radius 3 is 0.935 bits per heavy atom. The van der Waals surface area contributed by atoms with Gasteiger partial charge in [-0.3, -0.25) is 56.7 Å². The van der Waals surface area contributed by atoms with Crippen molar-refractivity contribution in [3.8, 4) is 92.0 Å². The summed E-state index contributed by atoms with van der Waals surface area (Å²) in [6.07, 6.45) is 0. The monoisotopic (exact) mass is 1930 g/mol. The summed E-state index contributed by atoms with van der Waals surface area (Å²) in [5, 5.41) is 186. The van der Waals surface area contributed by atoms with Gasteiger partial charge in [-0.1, -0.05) is 97.1 Å². The average molecular weight is 1930 g/mol. The summed E-state index contributed by atoms with van der Waals surface area (Å²) in [6.45, 7) is 1.54. The molecule has 0 aliphatic rings. The third-order valence-corrected chi connectivity index (χ3v) is 17.2. The maximum atomic E-state index is 9.68. The zero-order valence-electron chi connectivity index (χ0n) is 77.0. The minimum atomic E-state index is -0.244. The fourth-order valence-corrected chi connectivity index (χ4v) is 9.83. The molecule has 0 heterocycles. The number of hydrogen-bond donors (Lipinski definition) is 38. The van der Waals surface area contributed by atoms with E-state index in [0.717, 1.165) is 0 Å². The van der Waals surface area contributed by atoms with Crippen molar-refractivity contribution < 1.29 is 81.7 Å². The first-order chi connectivity index (χ1) is 64.7. The summed E-state index contributed by atoms with van der Waals surface area (Å²) >= 11 is 0. The number of aromatic hydroxyl groups is 16. The smallest absolute Gasteiger partial charge is 0.223 e. The molecule has 0 spiro atoms. The molecule has 0 atom stereocenters. The lowest BCUT2D eigenvalue weighted by Crippen LogP contribution is -2.45. The minimum Gasteiger partial charge on any atom is -0.504 e. The summed E-state index contributed by atoms with van der Waals surface area (Å²) in [7, 11) is 15.7. The van der Waals surface area contributed by atoms with Crippen LogP contribution in [-0.2, 0) is 52.4 Å². The van der Waals surface area contributed by atoms with Crippen LogP contribution in [0, 0.1) is 21.6 Å². The minimum absolute atomic E-state index is 0.0187. The van der Waals surface area contributed by atoms with Crippen LogP contribution in [0.5, 0.6) is 92.0 Å². The Balaban J connectivity index is 0.000000789. The van der Waals surface area contributed by atoms with Crippen molar-refractivity contribution in [2.75, 3.05) is 70.5 Å². The van der Waals surface area contributed by atoms with E-state index in [0.29, 0.717) is 57.0 Å². The molecule has 0 unspecified atom stereocenters. The van der Waals surface area contributed by atoms with E-state index in [2.05, 4.69) is 70.5 Å². The highest BCUT2D eigenvalue weighted by molar-refractivity contribution is 5.99. The molecular formula is C82H124N40O16. The second-order valence-electron chi connectivity index (χ2n) is 27.6. The molecule has 54 N–H and O–H groups in total. The standard InChI is InChI=1S/3C11H17N5O2.4C10H15N5O2.C9H13N5O2/c1-14-10(12)15-11(13)16(2)6-7-4-3-5-8(17)9(7)18;1-15(11(14)16(2)10(12)13)6-7-4-3-5-8(17)9(7)18;1-14-11(15-10(12)13)16(2)6-7-4-3-5-8(17)9(7)18;1-13-9(11)15-10(12)14-5-6-3-2-4-7(16)8(6)17;1-15(10(13)14-9(11)12)5-6-3-2-4-7(16)8(6)17;1-15(9(11)12)10(13)14-5-6-3-2-4-7(16)8(6)17;1-13-10(15-9(11)12)14-5-6-3-2-4-7(16)8(6)17;10-8(11)14-9(12)13-4-5-2-1-3-6(15)7(5)16/h3-5,17-18H,6H2,1-2H3,(H4,12,13,14,15);3-5,14,17-18H,6H2,1-2H3,(H3,12,13);3-5,17-18H,6H2,1-2H3,(H4,12,13,14,15);2-4,16-17H,5H2,1H3,(H5,11,12,13,14,15);2-4,16-17H,5H2,1H3,(H5,11,12,13,14);2-4,16-17H,5H2,1H3,(H3,11,12)(H2,13,14);2-4,16-17H,5H2,1H3,(H5,11,12,13,14,15);1-3,15-16H,4H2,(H6,10,11,12,13,14). The maximum absolute atomic E-state index is 9.68. The van der Waals surface area contributed by atoms with Gasteiger partial charge in [-0.25, -0.2) is 15.0 Å². The van der Waals surface area contributed by atoms with E-state index in [1.165, 1.54) is 103 Å². The van der Waals surface area contributed by atoms with Gasteiger partial charge in [0.2, 0.25) is 29.8 Å². The van der Waals surface area contributed by atoms with E-state index < -0.39 is 0 Å². The molecule has 8 aromatic carbocycles. The fourth-order valence-electron chi connectivity index (χ4n) is 9.83. The van der Waals surface area contributed by atoms with Crippen molar-refractivity contribution in [2.45, 2.75) is 52.4 Å². The number of benzene rings is 8. The lowest BCUT2D eigenvalue weighted by Gasteiger charge is -2.26. The van der Waals surface area contributed by atoms with Gasteiger partial charge in [-0.05, 0) is 48.5 Å². The Morgan fingerprint density at radius 2 is 0.601 bits per heavy atom. The summed E-state index contributed by atoms with van der Waals surface area (Å²) in [5.74, 6) is -3.35. The SMILES string of the molecule is CN(C(=N)N)C(N)=NCc1cccc(O)c1O.CN(Cc1cccc(O)c1O)C(=N)N(C)C(=N)N.CN(Cc1cccc(O)c1O)C(=N)N=C(N)N.CN=C(N)N=C(N)N(C)Cc1cccc(O)c1O.CN=C(N)NC(N)=NCc1cccc(O)c1O.CN=C(N=C(N)N)N(C)Cc1cccc(O)c1O.CN=C(N=C(N)N)NCc1cccc(O)c1O.NC(N)=NC(N)=NCc1cccc(O)c1O. The van der Waals surface area contributed by atoms with Crippen molar-refractivity contribution in [1.29, 1.82) is 21.6 Å². The molecule has 0 saturated carbocycles. The Hall–Kier alpha value is -19.5. The van der Waals surface area contributed by atoms with Crippen LogP contribution < -0.4 is 102 Å². The van der Waals surface area contributed by atoms with Crippen molar-refractivity contribution in [2.24, 2.45) is 152 Å². The van der Waals surface area contributed by atoms with E-state index in [4.69, 9.17) is 113 Å². The van der Waals surface area contributed by atoms with Crippen molar-refractivity contribution in [3.63, 3.8) is 0 Å². The van der Waals surface area contributed by atoms with Gasteiger partial charge >= 0.3 is 0 Å². The number of rotatable bonds is 16. The van der Waals surface area contributed by atoms with Gasteiger partial charge in [0, 0.05) is 148 Å². The number of guanidine groups is 16. The lowest BCUT2D eigenvalue weighted by molar-refractivity contribution is 0.383. The second-order valence-corrected chi connectivity index (χ2v) is 27.6. The van der Waals surface area contributed by atoms with Crippen LogP contribution in [0.15, 0.2) is 206 Å². The van der Waals surface area contributed by atoms with Gasteiger partial charge < -0.3 is 198 Å². The van der Waals surface area contributed by atoms with E-state index in [9.17, 15) is 81.7 Å². The predicted octanol–water partition coefficient (Wildman–Crippen LogP) is -2.58. The number of hydrogen-bond acceptors (Lipinski definition) is 27. The zero-order valence-corrected chi connectivity index (χ0v) is 77.0. The van der Waals surface area contributed by atoms with Crippen LogP contribution in [0.3, 0.4) is 0 Å². The van der Waals surface area contributed by atoms with E-state index >= 15 is 0 Å². The lowest BCUT2D eigenvalue weighted by atomic mass is 10.2. The van der Waals surface area contributed by atoms with Gasteiger partial charge in [0.05, 0.1) is 19.6 Å². The number of phenolic OH excluding ortho intramolecular Hbond substituents is 16. The number of nitrogens with two attached hydrogens (primary N) is 16. The Bertz CT molecular complexity index is 5770. The third kappa shape index (κ3) is 41.9. The molecule has 0 saturated heterocycles. The second kappa shape index (κ2) is 58.9. The highest BCUT2D eigenvalue weighted by Crippen LogP contribution is 2.35. The Labute approximate surface area is 792 Å². The summed E-state index contributed by atoms with van der Waals surface area (Å²) in [6, 6.07) is 37.1. The number of phenols is 16. The van der Waals surface area contributed by atoms with Gasteiger partial charge in [0.25, 0.3) is 0 Å². The molecule has 56 nitrogen and oxygen atoms in total. The molecule has 8 rings (SSSR count). The number of nitrogens with zero attached hydrogens (tertiary/aromatic N) is 18. The van der Waals surface area contributed by atoms with Crippen LogP contribution in [0.1, 0.15) is 44.5 Å². The predicted molar refractivity (Wildman–Crippen MR) is 531 cm³/mol. The van der Waals surface area contributed by atoms with Crippen LogP contribution >= 0.6 is 0 Å². The number of nitrogens with one attached hydrogen (secondary N) is 6. The Morgan fingerprint density at radius 1 is 0.290 bits per heavy atom. The quantitative estimate of drug-likeness (QED) is 0.0268. The first-order valence-corrected chi connectivity index (χ1v) is 39.4. The van der Waals surface area contributed by atoms with Crippen molar-refractivity contribution in [1.82, 2.24) is 40.0 Å². The molecule has 0 aliphatic heterocycles. The van der Waals surface area contributed by atoms with E-state index in [1.807, 2.05) is 0 Å². The summed E-state index contributed by atoms with van der Waals surface area (Å²) in [5.41, 5.74) is 88.8. The van der Waals surface area contributed by atoms with Crippen LogP contribution in [-0.4, -0.2) is 277 Å². The molecular weight excluding hydrogens is 1800 g/mol. The molecule has 0 aliphatic carbocycles. The van der Waals surface area contributed by atoms with Crippen LogP contribution in [0.25, 0.3) is 0 Å². The maximum Gasteiger partial charge on any atom is 0.223 e. The summed E-state index contributed by atoms with van der Waals surface area (Å²) in [4.78, 5) is 53.8. The average Bonchev–Trinajstić information content (AvgIpc) is 0.865. The van der Waals surface area contributed by atoms with Gasteiger partial charge in [-0.15, -0.1) is 0 Å². The Kier molecular flexibility index (Phi) is 49.7.